The number of carbonyl (C=O) groups is 3. The van der Waals surface area contributed by atoms with Crippen molar-refractivity contribution in [3.05, 3.63) is 65.2 Å². The van der Waals surface area contributed by atoms with E-state index in [-0.39, 0.29) is 24.2 Å². The molecule has 5 heteroatoms. The molecule has 1 atom stereocenters. The van der Waals surface area contributed by atoms with Crippen LogP contribution in [0.4, 0.5) is 5.69 Å². The van der Waals surface area contributed by atoms with E-state index in [0.29, 0.717) is 5.56 Å². The molecule has 0 saturated heterocycles. The number of fused-ring (bicyclic) bond motifs is 1. The molecule has 0 radical (unpaired) electrons. The molecule has 5 nitrogen and oxygen atoms in total. The summed E-state index contributed by atoms with van der Waals surface area (Å²) in [6.07, 6.45) is 0. The number of ether oxygens (including phenoxy) is 1. The summed E-state index contributed by atoms with van der Waals surface area (Å²) in [4.78, 5) is 36.6. The lowest BCUT2D eigenvalue weighted by atomic mass is 9.85. The van der Waals surface area contributed by atoms with Crippen LogP contribution in [0.1, 0.15) is 48.2 Å². The number of benzene rings is 2. The van der Waals surface area contributed by atoms with Crippen LogP contribution in [0.2, 0.25) is 0 Å². The molecule has 0 aliphatic carbocycles. The lowest BCUT2D eigenvalue weighted by molar-refractivity contribution is -0.148. The third-order valence-corrected chi connectivity index (χ3v) is 4.83. The van der Waals surface area contributed by atoms with Crippen molar-refractivity contribution in [2.75, 3.05) is 11.9 Å². The van der Waals surface area contributed by atoms with E-state index in [1.807, 2.05) is 30.3 Å². The molecule has 0 saturated carbocycles. The van der Waals surface area contributed by atoms with Crippen molar-refractivity contribution in [1.29, 1.82) is 0 Å². The lowest BCUT2D eigenvalue weighted by Crippen LogP contribution is -2.32. The zero-order chi connectivity index (χ0) is 18.9. The molecule has 134 valence electrons. The summed E-state index contributed by atoms with van der Waals surface area (Å²) in [6, 6.07) is 14.3. The highest BCUT2D eigenvalue weighted by atomic mass is 16.5. The van der Waals surface area contributed by atoms with E-state index in [1.165, 1.54) is 0 Å². The molecule has 1 aliphatic rings. The van der Waals surface area contributed by atoms with E-state index >= 15 is 0 Å². The highest BCUT2D eigenvalue weighted by molar-refractivity contribution is 6.05. The Hall–Kier alpha value is -2.95. The molecular formula is C21H21NO4. The summed E-state index contributed by atoms with van der Waals surface area (Å²) in [5.41, 5.74) is 1.92. The van der Waals surface area contributed by atoms with Gasteiger partial charge in [0.15, 0.2) is 12.4 Å². The monoisotopic (exact) mass is 351 g/mol. The van der Waals surface area contributed by atoms with Gasteiger partial charge in [-0.05, 0) is 50.1 Å². The predicted molar refractivity (Wildman–Crippen MR) is 98.2 cm³/mol. The molecule has 0 fully saturated rings. The van der Waals surface area contributed by atoms with Gasteiger partial charge in [0.25, 0.3) is 0 Å². The summed E-state index contributed by atoms with van der Waals surface area (Å²) >= 11 is 0. The fraction of sp³-hybridized carbons (Fsp3) is 0.286. The molecule has 2 aromatic carbocycles. The van der Waals surface area contributed by atoms with Gasteiger partial charge in [-0.15, -0.1) is 0 Å². The molecule has 0 aromatic heterocycles. The van der Waals surface area contributed by atoms with Gasteiger partial charge in [-0.2, -0.15) is 0 Å². The molecular weight excluding hydrogens is 330 g/mol. The Kier molecular flexibility index (Phi) is 4.64. The largest absolute Gasteiger partial charge is 0.457 e. The third kappa shape index (κ3) is 3.25. The molecule has 1 heterocycles. The van der Waals surface area contributed by atoms with Crippen LogP contribution in [-0.2, 0) is 19.7 Å². The Bertz CT molecular complexity index is 871. The number of hydrogen-bond acceptors (Lipinski definition) is 4. The molecule has 26 heavy (non-hydrogen) atoms. The first-order valence-electron chi connectivity index (χ1n) is 8.51. The smallest absolute Gasteiger partial charge is 0.316 e. The molecule has 1 amide bonds. The van der Waals surface area contributed by atoms with E-state index in [1.54, 1.807) is 39.0 Å². The fourth-order valence-electron chi connectivity index (χ4n) is 2.96. The number of nitrogens with one attached hydrogen (secondary N) is 1. The Morgan fingerprint density at radius 2 is 1.81 bits per heavy atom. The molecule has 0 bridgehead atoms. The van der Waals surface area contributed by atoms with Gasteiger partial charge in [0.1, 0.15) is 0 Å². The first kappa shape index (κ1) is 17.9. The quantitative estimate of drug-likeness (QED) is 0.661. The van der Waals surface area contributed by atoms with E-state index in [0.717, 1.165) is 16.8 Å². The number of rotatable bonds is 5. The van der Waals surface area contributed by atoms with Crippen LogP contribution in [0.15, 0.2) is 48.5 Å². The number of esters is 1. The highest BCUT2D eigenvalue weighted by Crippen LogP contribution is 2.32. The average molecular weight is 351 g/mol. The zero-order valence-corrected chi connectivity index (χ0v) is 15.0. The first-order chi connectivity index (χ1) is 12.3. The Balaban J connectivity index is 1.68. The van der Waals surface area contributed by atoms with Crippen LogP contribution in [0.3, 0.4) is 0 Å². The van der Waals surface area contributed by atoms with Crippen LogP contribution in [0, 0.1) is 0 Å². The summed E-state index contributed by atoms with van der Waals surface area (Å²) in [7, 11) is 0. The second-order valence-corrected chi connectivity index (χ2v) is 7.00. The second-order valence-electron chi connectivity index (χ2n) is 7.00. The predicted octanol–water partition coefficient (Wildman–Crippen LogP) is 3.45. The first-order valence-corrected chi connectivity index (χ1v) is 8.51. The summed E-state index contributed by atoms with van der Waals surface area (Å²) < 4.78 is 5.27. The van der Waals surface area contributed by atoms with Crippen molar-refractivity contribution < 1.29 is 19.1 Å². The van der Waals surface area contributed by atoms with Crippen molar-refractivity contribution in [2.45, 2.75) is 32.1 Å². The number of Topliss-reactive ketones (excluding diaryl/α,β-unsaturated/α-hetero) is 1. The molecule has 1 N–H and O–H groups in total. The number of anilines is 1. The molecule has 0 spiro atoms. The van der Waals surface area contributed by atoms with E-state index in [9.17, 15) is 14.4 Å². The van der Waals surface area contributed by atoms with Crippen LogP contribution in [0.25, 0.3) is 0 Å². The van der Waals surface area contributed by atoms with Gasteiger partial charge < -0.3 is 10.1 Å². The fourth-order valence-corrected chi connectivity index (χ4v) is 2.96. The van der Waals surface area contributed by atoms with Crippen LogP contribution in [0.5, 0.6) is 0 Å². The van der Waals surface area contributed by atoms with E-state index in [2.05, 4.69) is 5.32 Å². The average Bonchev–Trinajstić information content (AvgIpc) is 2.93. The van der Waals surface area contributed by atoms with Crippen molar-refractivity contribution in [3.8, 4) is 0 Å². The van der Waals surface area contributed by atoms with E-state index < -0.39 is 11.4 Å². The third-order valence-electron chi connectivity index (χ3n) is 4.83. The zero-order valence-electron chi connectivity index (χ0n) is 15.0. The molecule has 3 rings (SSSR count). The molecule has 0 unspecified atom stereocenters. The number of hydrogen-bond donors (Lipinski definition) is 1. The Labute approximate surface area is 152 Å². The van der Waals surface area contributed by atoms with Gasteiger partial charge in [0, 0.05) is 11.3 Å². The van der Waals surface area contributed by atoms with Crippen molar-refractivity contribution in [2.24, 2.45) is 0 Å². The van der Waals surface area contributed by atoms with Gasteiger partial charge >= 0.3 is 5.97 Å². The minimum Gasteiger partial charge on any atom is -0.457 e. The summed E-state index contributed by atoms with van der Waals surface area (Å²) in [5, 5.41) is 2.77. The summed E-state index contributed by atoms with van der Waals surface area (Å²) in [6.45, 7) is 4.99. The number of carbonyl (C=O) groups excluding carboxylic acids is 3. The summed E-state index contributed by atoms with van der Waals surface area (Å²) in [5.74, 6) is -1.13. The number of ketones is 1. The minimum atomic E-state index is -0.843. The number of amides is 1. The standard InChI is InChI=1S/C21H21NO4/c1-13-16-11-14(9-10-17(16)22-19(13)24)18(23)12-26-20(25)21(2,3)15-7-5-4-6-8-15/h4-11,13H,12H2,1-3H3,(H,22,24)/t13-/m0/s1. The van der Waals surface area contributed by atoms with Gasteiger partial charge in [-0.25, -0.2) is 0 Å². The SMILES string of the molecule is C[C@@H]1C(=O)Nc2ccc(C(=O)COC(=O)C(C)(C)c3ccccc3)cc21. The topological polar surface area (TPSA) is 72.5 Å². The van der Waals surface area contributed by atoms with Crippen LogP contribution >= 0.6 is 0 Å². The maximum Gasteiger partial charge on any atom is 0.316 e. The maximum absolute atomic E-state index is 12.5. The van der Waals surface area contributed by atoms with Gasteiger partial charge in [0.2, 0.25) is 5.91 Å². The Morgan fingerprint density at radius 3 is 2.50 bits per heavy atom. The van der Waals surface area contributed by atoms with Crippen LogP contribution < -0.4 is 5.32 Å². The molecule has 2 aromatic rings. The van der Waals surface area contributed by atoms with E-state index in [4.69, 9.17) is 4.74 Å². The normalized spacial score (nSPS) is 16.0. The van der Waals surface area contributed by atoms with Crippen molar-refractivity contribution in [1.82, 2.24) is 0 Å². The van der Waals surface area contributed by atoms with Gasteiger partial charge in [0.05, 0.1) is 11.3 Å². The van der Waals surface area contributed by atoms with Gasteiger partial charge in [-0.1, -0.05) is 30.3 Å². The van der Waals surface area contributed by atoms with Gasteiger partial charge in [-0.3, -0.25) is 14.4 Å². The maximum atomic E-state index is 12.5. The van der Waals surface area contributed by atoms with Crippen molar-refractivity contribution in [3.63, 3.8) is 0 Å². The molecule has 1 aliphatic heterocycles. The highest BCUT2D eigenvalue weighted by Gasteiger charge is 2.32. The second kappa shape index (κ2) is 6.75. The minimum absolute atomic E-state index is 0.0827. The van der Waals surface area contributed by atoms with Crippen LogP contribution in [-0.4, -0.2) is 24.3 Å². The van der Waals surface area contributed by atoms with Crippen molar-refractivity contribution >= 4 is 23.3 Å². The Morgan fingerprint density at radius 1 is 1.12 bits per heavy atom. The lowest BCUT2D eigenvalue weighted by Gasteiger charge is -2.22.